The fourth-order valence-electron chi connectivity index (χ4n) is 5.14. The molecule has 0 radical (unpaired) electrons. The van der Waals surface area contributed by atoms with Gasteiger partial charge in [-0.2, -0.15) is 0 Å². The number of nitrogens with zero attached hydrogens (tertiary/aromatic N) is 1. The van der Waals surface area contributed by atoms with Gasteiger partial charge >= 0.3 is 0 Å². The van der Waals surface area contributed by atoms with E-state index in [0.29, 0.717) is 12.1 Å². The average molecular weight is 487 g/mol. The van der Waals surface area contributed by atoms with Crippen LogP contribution in [-0.2, 0) is 10.0 Å². The van der Waals surface area contributed by atoms with E-state index in [1.165, 1.54) is 13.2 Å². The molecule has 1 aliphatic heterocycles. The van der Waals surface area contributed by atoms with Crippen LogP contribution < -0.4 is 14.2 Å². The molecule has 1 amide bonds. The van der Waals surface area contributed by atoms with Crippen LogP contribution in [0.25, 0.3) is 0 Å². The molecule has 34 heavy (non-hydrogen) atoms. The van der Waals surface area contributed by atoms with Gasteiger partial charge in [-0.05, 0) is 67.5 Å². The largest absolute Gasteiger partial charge is 0.497 e. The van der Waals surface area contributed by atoms with Gasteiger partial charge in [0.05, 0.1) is 20.3 Å². The van der Waals surface area contributed by atoms with Crippen LogP contribution in [0.15, 0.2) is 47.4 Å². The van der Waals surface area contributed by atoms with Gasteiger partial charge in [0.1, 0.15) is 16.4 Å². The summed E-state index contributed by atoms with van der Waals surface area (Å²) < 4.78 is 40.3. The predicted molar refractivity (Wildman–Crippen MR) is 131 cm³/mol. The molecule has 8 heteroatoms. The summed E-state index contributed by atoms with van der Waals surface area (Å²) in [5.74, 6) is 1.07. The third kappa shape index (κ3) is 5.08. The Balaban J connectivity index is 1.62. The number of amides is 1. The minimum absolute atomic E-state index is 0.00995. The van der Waals surface area contributed by atoms with E-state index in [-0.39, 0.29) is 34.6 Å². The van der Waals surface area contributed by atoms with Crippen molar-refractivity contribution in [3.63, 3.8) is 0 Å². The zero-order chi connectivity index (χ0) is 24.3. The molecule has 1 heterocycles. The zero-order valence-corrected chi connectivity index (χ0v) is 20.9. The second kappa shape index (κ2) is 10.4. The molecular weight excluding hydrogens is 452 g/mol. The van der Waals surface area contributed by atoms with Crippen molar-refractivity contribution in [2.45, 2.75) is 62.4 Å². The van der Waals surface area contributed by atoms with Gasteiger partial charge in [-0.3, -0.25) is 4.79 Å². The van der Waals surface area contributed by atoms with Gasteiger partial charge in [0, 0.05) is 18.2 Å². The Hall–Kier alpha value is -2.58. The van der Waals surface area contributed by atoms with Gasteiger partial charge < -0.3 is 14.4 Å². The maximum Gasteiger partial charge on any atom is 0.254 e. The standard InChI is InChI=1S/C26H34N2O5S/c1-18-8-4-5-11-22(18)27-34(30,31)25-17-20(13-14-24(25)33-3)26(29)28-15-7-12-23(28)19-9-6-10-21(16-19)32-2/h6,9-10,13-14,16-18,22-23,27H,4-5,7-8,11-12,15H2,1-3H3. The molecule has 2 aliphatic rings. The number of likely N-dealkylation sites (tertiary alicyclic amines) is 1. The fraction of sp³-hybridized carbons (Fsp3) is 0.500. The van der Waals surface area contributed by atoms with Crippen LogP contribution in [0.1, 0.15) is 67.4 Å². The van der Waals surface area contributed by atoms with Gasteiger partial charge in [-0.15, -0.1) is 0 Å². The Morgan fingerprint density at radius 1 is 1.00 bits per heavy atom. The fourth-order valence-corrected chi connectivity index (χ4v) is 6.72. The molecule has 2 fully saturated rings. The summed E-state index contributed by atoms with van der Waals surface area (Å²) in [7, 11) is -0.786. The molecule has 3 atom stereocenters. The molecule has 4 rings (SSSR count). The van der Waals surface area contributed by atoms with Gasteiger partial charge in [-0.25, -0.2) is 13.1 Å². The summed E-state index contributed by atoms with van der Waals surface area (Å²) >= 11 is 0. The number of carbonyl (C=O) groups excluding carboxylic acids is 1. The third-order valence-corrected chi connectivity index (χ3v) is 8.62. The van der Waals surface area contributed by atoms with Crippen molar-refractivity contribution in [3.05, 3.63) is 53.6 Å². The molecule has 0 spiro atoms. The van der Waals surface area contributed by atoms with E-state index in [2.05, 4.69) is 11.6 Å². The first-order chi connectivity index (χ1) is 16.3. The van der Waals surface area contributed by atoms with E-state index < -0.39 is 10.0 Å². The lowest BCUT2D eigenvalue weighted by Crippen LogP contribution is -2.41. The van der Waals surface area contributed by atoms with Crippen molar-refractivity contribution >= 4 is 15.9 Å². The van der Waals surface area contributed by atoms with Gasteiger partial charge in [0.15, 0.2) is 0 Å². The molecule has 0 aromatic heterocycles. The molecule has 184 valence electrons. The summed E-state index contributed by atoms with van der Waals surface area (Å²) in [6, 6.07) is 12.2. The Bertz CT molecular complexity index is 1130. The maximum atomic E-state index is 13.5. The van der Waals surface area contributed by atoms with Crippen molar-refractivity contribution in [1.82, 2.24) is 9.62 Å². The second-order valence-corrected chi connectivity index (χ2v) is 11.0. The van der Waals surface area contributed by atoms with E-state index in [4.69, 9.17) is 9.47 Å². The highest BCUT2D eigenvalue weighted by Gasteiger charge is 2.33. The number of sulfonamides is 1. The van der Waals surface area contributed by atoms with Crippen molar-refractivity contribution in [2.75, 3.05) is 20.8 Å². The lowest BCUT2D eigenvalue weighted by molar-refractivity contribution is 0.0735. The highest BCUT2D eigenvalue weighted by Crippen LogP contribution is 2.36. The number of hydrogen-bond acceptors (Lipinski definition) is 5. The van der Waals surface area contributed by atoms with Crippen molar-refractivity contribution in [3.8, 4) is 11.5 Å². The quantitative estimate of drug-likeness (QED) is 0.621. The van der Waals surface area contributed by atoms with Crippen LogP contribution in [0.3, 0.4) is 0 Å². The van der Waals surface area contributed by atoms with Gasteiger partial charge in [0.25, 0.3) is 5.91 Å². The van der Waals surface area contributed by atoms with E-state index in [1.54, 1.807) is 19.2 Å². The number of ether oxygens (including phenoxy) is 2. The van der Waals surface area contributed by atoms with Crippen LogP contribution >= 0.6 is 0 Å². The first-order valence-corrected chi connectivity index (χ1v) is 13.5. The second-order valence-electron chi connectivity index (χ2n) is 9.29. The molecule has 2 aromatic rings. The van der Waals surface area contributed by atoms with Crippen molar-refractivity contribution < 1.29 is 22.7 Å². The summed E-state index contributed by atoms with van der Waals surface area (Å²) in [4.78, 5) is 15.4. The zero-order valence-electron chi connectivity index (χ0n) is 20.1. The molecule has 1 saturated carbocycles. The van der Waals surface area contributed by atoms with Crippen LogP contribution in [0.2, 0.25) is 0 Å². The molecule has 3 unspecified atom stereocenters. The van der Waals surface area contributed by atoms with Crippen LogP contribution in [0.5, 0.6) is 11.5 Å². The monoisotopic (exact) mass is 486 g/mol. The molecule has 1 saturated heterocycles. The number of benzene rings is 2. The summed E-state index contributed by atoms with van der Waals surface area (Å²) in [5, 5.41) is 0. The summed E-state index contributed by atoms with van der Waals surface area (Å²) in [6.07, 6.45) is 5.68. The van der Waals surface area contributed by atoms with E-state index in [0.717, 1.165) is 49.8 Å². The van der Waals surface area contributed by atoms with Crippen LogP contribution in [-0.4, -0.2) is 46.0 Å². The highest BCUT2D eigenvalue weighted by atomic mass is 32.2. The average Bonchev–Trinajstić information content (AvgIpc) is 3.34. The SMILES string of the molecule is COc1cccc(C2CCCN2C(=O)c2ccc(OC)c(S(=O)(=O)NC3CCCCC3C)c2)c1. The molecule has 2 aromatic carbocycles. The topological polar surface area (TPSA) is 84.9 Å². The number of methoxy groups -OCH3 is 2. The Kier molecular flexibility index (Phi) is 7.48. The summed E-state index contributed by atoms with van der Waals surface area (Å²) in [5.41, 5.74) is 1.35. The third-order valence-electron chi connectivity index (χ3n) is 7.11. The Labute approximate surface area is 202 Å². The molecule has 1 N–H and O–H groups in total. The molecule has 0 bridgehead atoms. The minimum Gasteiger partial charge on any atom is -0.497 e. The number of carbonyl (C=O) groups is 1. The lowest BCUT2D eigenvalue weighted by Gasteiger charge is -2.29. The minimum atomic E-state index is -3.85. The predicted octanol–water partition coefficient (Wildman–Crippen LogP) is 4.54. The normalized spacial score (nSPS) is 23.0. The maximum absolute atomic E-state index is 13.5. The number of nitrogens with one attached hydrogen (secondary N) is 1. The van der Waals surface area contributed by atoms with Crippen LogP contribution in [0.4, 0.5) is 0 Å². The highest BCUT2D eigenvalue weighted by molar-refractivity contribution is 7.89. The van der Waals surface area contributed by atoms with Gasteiger partial charge in [-0.1, -0.05) is 31.9 Å². The van der Waals surface area contributed by atoms with Gasteiger partial charge in [0.2, 0.25) is 10.0 Å². The molecule has 1 aliphatic carbocycles. The van der Waals surface area contributed by atoms with Crippen LogP contribution in [0, 0.1) is 5.92 Å². The Morgan fingerprint density at radius 2 is 1.79 bits per heavy atom. The molecular formula is C26H34N2O5S. The van der Waals surface area contributed by atoms with Crippen molar-refractivity contribution in [1.29, 1.82) is 0 Å². The van der Waals surface area contributed by atoms with E-state index >= 15 is 0 Å². The van der Waals surface area contributed by atoms with E-state index in [1.807, 2.05) is 29.2 Å². The molecule has 7 nitrogen and oxygen atoms in total. The number of hydrogen-bond donors (Lipinski definition) is 1. The number of rotatable bonds is 7. The Morgan fingerprint density at radius 3 is 2.53 bits per heavy atom. The first-order valence-electron chi connectivity index (χ1n) is 12.0. The first kappa shape index (κ1) is 24.5. The van der Waals surface area contributed by atoms with Crippen molar-refractivity contribution in [2.24, 2.45) is 5.92 Å². The van der Waals surface area contributed by atoms with E-state index in [9.17, 15) is 13.2 Å². The summed E-state index contributed by atoms with van der Waals surface area (Å²) in [6.45, 7) is 2.70. The lowest BCUT2D eigenvalue weighted by atomic mass is 9.87. The smallest absolute Gasteiger partial charge is 0.254 e.